The lowest BCUT2D eigenvalue weighted by atomic mass is 10.2. The lowest BCUT2D eigenvalue weighted by molar-refractivity contribution is 0.0519. The van der Waals surface area contributed by atoms with Crippen molar-refractivity contribution in [3.8, 4) is 5.69 Å². The number of nitrogens with one attached hydrogen (secondary N) is 1. The number of esters is 1. The Bertz CT molecular complexity index is 673. The van der Waals surface area contributed by atoms with Gasteiger partial charge in [0.05, 0.1) is 12.3 Å². The van der Waals surface area contributed by atoms with Crippen LogP contribution in [0.5, 0.6) is 0 Å². The summed E-state index contributed by atoms with van der Waals surface area (Å²) in [6.45, 7) is 3.44. The molecule has 1 aromatic heterocycles. The molecule has 0 aliphatic carbocycles. The van der Waals surface area contributed by atoms with E-state index in [1.807, 2.05) is 0 Å². The molecular formula is C13H13FN2O3. The molecule has 0 aliphatic rings. The fraction of sp³-hybridized carbons (Fsp3) is 0.231. The summed E-state index contributed by atoms with van der Waals surface area (Å²) in [5.41, 5.74) is 0.273. The molecule has 1 aromatic carbocycles. The molecule has 0 bridgehead atoms. The van der Waals surface area contributed by atoms with Gasteiger partial charge in [0, 0.05) is 11.6 Å². The molecule has 100 valence electrons. The van der Waals surface area contributed by atoms with Crippen molar-refractivity contribution in [3.63, 3.8) is 0 Å². The molecule has 0 radical (unpaired) electrons. The Labute approximate surface area is 108 Å². The van der Waals surface area contributed by atoms with E-state index in [4.69, 9.17) is 4.74 Å². The highest BCUT2D eigenvalue weighted by atomic mass is 19.1. The first-order valence-corrected chi connectivity index (χ1v) is 5.79. The number of carbonyl (C=O) groups excluding carboxylic acids is 1. The number of H-pyrrole nitrogens is 1. The van der Waals surface area contributed by atoms with Gasteiger partial charge in [-0.15, -0.1) is 0 Å². The molecule has 5 nitrogen and oxygen atoms in total. The number of ether oxygens (including phenoxy) is 1. The second-order valence-corrected chi connectivity index (χ2v) is 3.95. The van der Waals surface area contributed by atoms with Crippen molar-refractivity contribution in [1.29, 1.82) is 0 Å². The number of nitrogens with zero attached hydrogens (tertiary/aromatic N) is 1. The van der Waals surface area contributed by atoms with Gasteiger partial charge < -0.3 is 4.74 Å². The van der Waals surface area contributed by atoms with Gasteiger partial charge in [-0.25, -0.2) is 13.9 Å². The highest BCUT2D eigenvalue weighted by molar-refractivity contribution is 5.87. The minimum absolute atomic E-state index is 0.0375. The number of hydrogen-bond donors (Lipinski definition) is 1. The highest BCUT2D eigenvalue weighted by Gasteiger charge is 2.14. The average Bonchev–Trinajstić information content (AvgIpc) is 2.75. The van der Waals surface area contributed by atoms with Gasteiger partial charge in [-0.05, 0) is 26.0 Å². The molecule has 1 heterocycles. The summed E-state index contributed by atoms with van der Waals surface area (Å²) in [6, 6.07) is 5.52. The summed E-state index contributed by atoms with van der Waals surface area (Å²) in [6.07, 6.45) is 0. The van der Waals surface area contributed by atoms with Crippen LogP contribution in [-0.2, 0) is 4.74 Å². The second kappa shape index (κ2) is 5.09. The van der Waals surface area contributed by atoms with Crippen LogP contribution in [-0.4, -0.2) is 22.4 Å². The van der Waals surface area contributed by atoms with Crippen molar-refractivity contribution < 1.29 is 13.9 Å². The lowest BCUT2D eigenvalue weighted by Crippen LogP contribution is -2.15. The minimum atomic E-state index is -0.618. The van der Waals surface area contributed by atoms with Gasteiger partial charge in [-0.1, -0.05) is 6.07 Å². The van der Waals surface area contributed by atoms with Crippen molar-refractivity contribution in [1.82, 2.24) is 9.78 Å². The minimum Gasteiger partial charge on any atom is -0.461 e. The molecular weight excluding hydrogens is 251 g/mol. The fourth-order valence-corrected chi connectivity index (χ4v) is 1.73. The third-order valence-corrected chi connectivity index (χ3v) is 2.70. The Morgan fingerprint density at radius 1 is 1.47 bits per heavy atom. The Hall–Kier alpha value is -2.37. The van der Waals surface area contributed by atoms with Crippen LogP contribution in [0, 0.1) is 12.7 Å². The van der Waals surface area contributed by atoms with Crippen molar-refractivity contribution in [3.05, 3.63) is 51.7 Å². The van der Waals surface area contributed by atoms with E-state index < -0.39 is 17.3 Å². The summed E-state index contributed by atoms with van der Waals surface area (Å²) in [5.74, 6) is -1.04. The number of rotatable bonds is 3. The quantitative estimate of drug-likeness (QED) is 0.859. The number of aromatic nitrogens is 2. The van der Waals surface area contributed by atoms with Crippen LogP contribution in [0.2, 0.25) is 0 Å². The first-order chi connectivity index (χ1) is 9.04. The van der Waals surface area contributed by atoms with Gasteiger partial charge in [0.2, 0.25) is 0 Å². The van der Waals surface area contributed by atoms with Crippen molar-refractivity contribution in [2.75, 3.05) is 6.61 Å². The van der Waals surface area contributed by atoms with E-state index in [1.165, 1.54) is 12.1 Å². The van der Waals surface area contributed by atoms with Crippen LogP contribution in [0.25, 0.3) is 5.69 Å². The smallest absolute Gasteiger partial charge is 0.356 e. The molecule has 0 amide bonds. The van der Waals surface area contributed by atoms with E-state index >= 15 is 0 Å². The SMILES string of the molecule is CCOC(=O)c1cc(=O)n(-c2cccc(F)c2C)[nH]1. The molecule has 0 unspecified atom stereocenters. The van der Waals surface area contributed by atoms with E-state index in [1.54, 1.807) is 19.9 Å². The molecule has 0 saturated heterocycles. The number of benzene rings is 1. The number of hydrogen-bond acceptors (Lipinski definition) is 3. The Morgan fingerprint density at radius 2 is 2.21 bits per heavy atom. The number of carbonyl (C=O) groups is 1. The molecule has 2 rings (SSSR count). The largest absolute Gasteiger partial charge is 0.461 e. The van der Waals surface area contributed by atoms with Gasteiger partial charge in [0.25, 0.3) is 5.56 Å². The summed E-state index contributed by atoms with van der Waals surface area (Å²) in [5, 5.41) is 2.61. The van der Waals surface area contributed by atoms with Crippen molar-refractivity contribution in [2.45, 2.75) is 13.8 Å². The van der Waals surface area contributed by atoms with Crippen LogP contribution in [0.3, 0.4) is 0 Å². The monoisotopic (exact) mass is 264 g/mol. The first kappa shape index (κ1) is 13.1. The predicted molar refractivity (Wildman–Crippen MR) is 67.0 cm³/mol. The molecule has 0 atom stereocenters. The summed E-state index contributed by atoms with van der Waals surface area (Å²) < 4.78 is 19.4. The molecule has 19 heavy (non-hydrogen) atoms. The van der Waals surface area contributed by atoms with Gasteiger partial charge in [-0.2, -0.15) is 0 Å². The van der Waals surface area contributed by atoms with Crippen LogP contribution in [0.4, 0.5) is 4.39 Å². The molecule has 0 saturated carbocycles. The maximum absolute atomic E-state index is 13.5. The zero-order valence-corrected chi connectivity index (χ0v) is 10.6. The van der Waals surface area contributed by atoms with E-state index in [2.05, 4.69) is 5.10 Å². The van der Waals surface area contributed by atoms with E-state index in [-0.39, 0.29) is 12.3 Å². The molecule has 0 spiro atoms. The Kier molecular flexibility index (Phi) is 3.50. The van der Waals surface area contributed by atoms with E-state index in [0.29, 0.717) is 11.3 Å². The van der Waals surface area contributed by atoms with Gasteiger partial charge in [-0.3, -0.25) is 9.89 Å². The molecule has 6 heteroatoms. The highest BCUT2D eigenvalue weighted by Crippen LogP contribution is 2.14. The van der Waals surface area contributed by atoms with E-state index in [0.717, 1.165) is 10.7 Å². The topological polar surface area (TPSA) is 64.1 Å². The second-order valence-electron chi connectivity index (χ2n) is 3.95. The van der Waals surface area contributed by atoms with Crippen LogP contribution >= 0.6 is 0 Å². The standard InChI is InChI=1S/C13H13FN2O3/c1-3-19-13(18)10-7-12(17)16(15-10)11-6-4-5-9(14)8(11)2/h4-7,15H,3H2,1-2H3. The van der Waals surface area contributed by atoms with Crippen LogP contribution in [0.1, 0.15) is 23.0 Å². The Morgan fingerprint density at radius 3 is 2.89 bits per heavy atom. The van der Waals surface area contributed by atoms with Crippen molar-refractivity contribution in [2.24, 2.45) is 0 Å². The number of aromatic amines is 1. The molecule has 0 aliphatic heterocycles. The third-order valence-electron chi connectivity index (χ3n) is 2.70. The van der Waals surface area contributed by atoms with Gasteiger partial charge in [0.1, 0.15) is 11.5 Å². The van der Waals surface area contributed by atoms with Gasteiger partial charge in [0.15, 0.2) is 0 Å². The zero-order chi connectivity index (χ0) is 14.0. The van der Waals surface area contributed by atoms with Crippen molar-refractivity contribution >= 4 is 5.97 Å². The summed E-state index contributed by atoms with van der Waals surface area (Å²) in [7, 11) is 0. The molecule has 1 N–H and O–H groups in total. The third kappa shape index (κ3) is 2.42. The van der Waals surface area contributed by atoms with E-state index in [9.17, 15) is 14.0 Å². The molecule has 2 aromatic rings. The summed E-state index contributed by atoms with van der Waals surface area (Å²) in [4.78, 5) is 23.3. The fourth-order valence-electron chi connectivity index (χ4n) is 1.73. The first-order valence-electron chi connectivity index (χ1n) is 5.79. The normalized spacial score (nSPS) is 10.5. The average molecular weight is 264 g/mol. The maximum Gasteiger partial charge on any atom is 0.356 e. The number of halogens is 1. The molecule has 0 fully saturated rings. The summed E-state index contributed by atoms with van der Waals surface area (Å²) >= 11 is 0. The lowest BCUT2D eigenvalue weighted by Gasteiger charge is -2.06. The van der Waals surface area contributed by atoms with Crippen LogP contribution < -0.4 is 5.56 Å². The Balaban J connectivity index is 2.49. The maximum atomic E-state index is 13.5. The van der Waals surface area contributed by atoms with Gasteiger partial charge >= 0.3 is 5.97 Å². The predicted octanol–water partition coefficient (Wildman–Crippen LogP) is 1.79. The van der Waals surface area contributed by atoms with Crippen LogP contribution in [0.15, 0.2) is 29.1 Å². The zero-order valence-electron chi connectivity index (χ0n) is 10.6.